The van der Waals surface area contributed by atoms with Crippen LogP contribution in [-0.2, 0) is 0 Å². The Hall–Kier alpha value is -1.74. The summed E-state index contributed by atoms with van der Waals surface area (Å²) in [5, 5.41) is 0.0960. The third-order valence-corrected chi connectivity index (χ3v) is 5.03. The van der Waals surface area contributed by atoms with Crippen LogP contribution in [0.25, 0.3) is 11.4 Å². The Balaban J connectivity index is 1.67. The van der Waals surface area contributed by atoms with Crippen LogP contribution in [0.4, 0.5) is 4.39 Å². The molecule has 3 rings (SSSR count). The summed E-state index contributed by atoms with van der Waals surface area (Å²) in [6, 6.07) is 4.57. The third-order valence-electron chi connectivity index (χ3n) is 4.74. The lowest BCUT2D eigenvalue weighted by Gasteiger charge is -2.26. The molecule has 1 saturated carbocycles. The van der Waals surface area contributed by atoms with E-state index in [1.807, 2.05) is 12.4 Å². The van der Waals surface area contributed by atoms with E-state index in [2.05, 4.69) is 29.0 Å². The van der Waals surface area contributed by atoms with Crippen LogP contribution in [0.3, 0.4) is 0 Å². The molecule has 0 unspecified atom stereocenters. The van der Waals surface area contributed by atoms with E-state index in [1.165, 1.54) is 37.3 Å². The molecule has 1 heterocycles. The summed E-state index contributed by atoms with van der Waals surface area (Å²) >= 11 is 5.83. The van der Waals surface area contributed by atoms with Crippen molar-refractivity contribution in [2.75, 3.05) is 0 Å². The van der Waals surface area contributed by atoms with E-state index in [9.17, 15) is 4.39 Å². The molecule has 0 bridgehead atoms. The number of allylic oxidation sites excluding steroid dienone is 2. The van der Waals surface area contributed by atoms with E-state index in [4.69, 9.17) is 11.6 Å². The van der Waals surface area contributed by atoms with E-state index in [0.29, 0.717) is 11.7 Å². The third kappa shape index (κ3) is 4.02. The molecule has 126 valence electrons. The Labute approximate surface area is 147 Å². The molecule has 1 aliphatic rings. The van der Waals surface area contributed by atoms with Crippen molar-refractivity contribution in [1.29, 1.82) is 0 Å². The average molecular weight is 345 g/mol. The van der Waals surface area contributed by atoms with Gasteiger partial charge in [-0.3, -0.25) is 0 Å². The summed E-state index contributed by atoms with van der Waals surface area (Å²) in [5.41, 5.74) is 1.94. The first-order valence-corrected chi connectivity index (χ1v) is 8.99. The monoisotopic (exact) mass is 344 g/mol. The van der Waals surface area contributed by atoms with Gasteiger partial charge in [0.05, 0.1) is 5.02 Å². The molecule has 4 heteroatoms. The summed E-state index contributed by atoms with van der Waals surface area (Å²) < 4.78 is 13.3. The van der Waals surface area contributed by atoms with Crippen LogP contribution in [0.15, 0.2) is 42.7 Å². The van der Waals surface area contributed by atoms with Crippen molar-refractivity contribution >= 4 is 11.6 Å². The van der Waals surface area contributed by atoms with Gasteiger partial charge in [-0.15, -0.1) is 0 Å². The van der Waals surface area contributed by atoms with Gasteiger partial charge in [-0.2, -0.15) is 0 Å². The zero-order valence-electron chi connectivity index (χ0n) is 13.9. The minimum absolute atomic E-state index is 0.0960. The number of rotatable bonds is 4. The van der Waals surface area contributed by atoms with Gasteiger partial charge in [0.25, 0.3) is 0 Å². The summed E-state index contributed by atoms with van der Waals surface area (Å²) in [6.45, 7) is 2.18. The molecule has 1 aromatic carbocycles. The molecule has 0 radical (unpaired) electrons. The Morgan fingerprint density at radius 1 is 1.17 bits per heavy atom. The molecule has 1 fully saturated rings. The lowest BCUT2D eigenvalue weighted by atomic mass is 9.79. The second-order valence-corrected chi connectivity index (χ2v) is 6.82. The first kappa shape index (κ1) is 17.1. The Bertz CT molecular complexity index is 704. The fourth-order valence-electron chi connectivity index (χ4n) is 3.31. The number of aromatic nitrogens is 2. The lowest BCUT2D eigenvalue weighted by molar-refractivity contribution is 0.374. The molecule has 1 aromatic heterocycles. The number of hydrogen-bond acceptors (Lipinski definition) is 2. The number of hydrogen-bond donors (Lipinski definition) is 0. The van der Waals surface area contributed by atoms with Crippen molar-refractivity contribution in [2.45, 2.75) is 44.9 Å². The molecule has 2 aromatic rings. The van der Waals surface area contributed by atoms with Gasteiger partial charge in [0.15, 0.2) is 5.82 Å². The van der Waals surface area contributed by atoms with Gasteiger partial charge in [0.2, 0.25) is 0 Å². The van der Waals surface area contributed by atoms with Crippen LogP contribution >= 0.6 is 11.6 Å². The van der Waals surface area contributed by atoms with Gasteiger partial charge in [-0.1, -0.05) is 30.7 Å². The van der Waals surface area contributed by atoms with Gasteiger partial charge >= 0.3 is 0 Å². The second-order valence-electron chi connectivity index (χ2n) is 6.42. The summed E-state index contributed by atoms with van der Waals surface area (Å²) in [5.74, 6) is 1.43. The van der Waals surface area contributed by atoms with E-state index in [1.54, 1.807) is 12.1 Å². The van der Waals surface area contributed by atoms with Crippen LogP contribution in [-0.4, -0.2) is 9.97 Å². The van der Waals surface area contributed by atoms with Crippen LogP contribution in [0.2, 0.25) is 5.02 Å². The largest absolute Gasteiger partial charge is 0.236 e. The number of benzene rings is 1. The zero-order valence-corrected chi connectivity index (χ0v) is 14.6. The van der Waals surface area contributed by atoms with Crippen LogP contribution < -0.4 is 0 Å². The first-order valence-electron chi connectivity index (χ1n) is 8.61. The summed E-state index contributed by atoms with van der Waals surface area (Å²) in [4.78, 5) is 8.91. The predicted molar refractivity (Wildman–Crippen MR) is 96.6 cm³/mol. The smallest absolute Gasteiger partial charge is 0.159 e. The molecule has 0 amide bonds. The topological polar surface area (TPSA) is 25.8 Å². The van der Waals surface area contributed by atoms with E-state index >= 15 is 0 Å². The quantitative estimate of drug-likeness (QED) is 0.619. The Kier molecular flexibility index (Phi) is 5.62. The molecule has 0 atom stereocenters. The second kappa shape index (κ2) is 7.89. The maximum atomic E-state index is 13.3. The van der Waals surface area contributed by atoms with E-state index in [-0.39, 0.29) is 5.02 Å². The minimum atomic E-state index is -0.425. The first-order chi connectivity index (χ1) is 11.7. The standard InChI is InChI=1S/C20H22ClFN2/c1-2-3-4-14-5-7-15(8-6-14)17-12-23-20(24-13-17)16-9-10-19(22)18(21)11-16/h3-4,9-15H,2,5-8H2,1H3/t14-,15-. The zero-order chi connectivity index (χ0) is 16.9. The van der Waals surface area contributed by atoms with E-state index < -0.39 is 5.82 Å². The summed E-state index contributed by atoms with van der Waals surface area (Å²) in [7, 11) is 0. The van der Waals surface area contributed by atoms with Gasteiger partial charge < -0.3 is 0 Å². The van der Waals surface area contributed by atoms with Gasteiger partial charge in [0.1, 0.15) is 5.82 Å². The van der Waals surface area contributed by atoms with E-state index in [0.717, 1.165) is 17.9 Å². The van der Waals surface area contributed by atoms with Crippen molar-refractivity contribution in [1.82, 2.24) is 9.97 Å². The molecule has 0 aliphatic heterocycles. The fourth-order valence-corrected chi connectivity index (χ4v) is 3.49. The van der Waals surface area contributed by atoms with Gasteiger partial charge in [0, 0.05) is 18.0 Å². The molecular formula is C20H22ClFN2. The maximum absolute atomic E-state index is 13.3. The molecular weight excluding hydrogens is 323 g/mol. The van der Waals surface area contributed by atoms with Crippen molar-refractivity contribution < 1.29 is 4.39 Å². The van der Waals surface area contributed by atoms with Crippen LogP contribution in [0, 0.1) is 11.7 Å². The average Bonchev–Trinajstić information content (AvgIpc) is 2.63. The number of nitrogens with zero attached hydrogens (tertiary/aromatic N) is 2. The van der Waals surface area contributed by atoms with Gasteiger partial charge in [-0.25, -0.2) is 14.4 Å². The molecule has 1 aliphatic carbocycles. The van der Waals surface area contributed by atoms with Crippen LogP contribution in [0.5, 0.6) is 0 Å². The highest BCUT2D eigenvalue weighted by molar-refractivity contribution is 6.31. The molecule has 2 nitrogen and oxygen atoms in total. The predicted octanol–water partition coefficient (Wildman–Crippen LogP) is 6.18. The van der Waals surface area contributed by atoms with Gasteiger partial charge in [-0.05, 0) is 67.7 Å². The van der Waals surface area contributed by atoms with Crippen LogP contribution in [0.1, 0.15) is 50.5 Å². The van der Waals surface area contributed by atoms with Crippen molar-refractivity contribution in [3.63, 3.8) is 0 Å². The molecule has 24 heavy (non-hydrogen) atoms. The SMILES string of the molecule is CCC=C[C@H]1CC[C@H](c2cnc(-c3ccc(F)c(Cl)c3)nc2)CC1. The van der Waals surface area contributed by atoms with Crippen molar-refractivity contribution in [2.24, 2.45) is 5.92 Å². The Morgan fingerprint density at radius 2 is 1.88 bits per heavy atom. The summed E-state index contributed by atoms with van der Waals surface area (Å²) in [6.07, 6.45) is 14.4. The molecule has 0 spiro atoms. The fraction of sp³-hybridized carbons (Fsp3) is 0.400. The molecule has 0 saturated heterocycles. The maximum Gasteiger partial charge on any atom is 0.159 e. The minimum Gasteiger partial charge on any atom is -0.236 e. The molecule has 0 N–H and O–H groups in total. The highest BCUT2D eigenvalue weighted by atomic mass is 35.5. The van der Waals surface area contributed by atoms with Crippen molar-refractivity contribution in [3.05, 3.63) is 59.1 Å². The highest BCUT2D eigenvalue weighted by Crippen LogP contribution is 2.36. The van der Waals surface area contributed by atoms with Crippen molar-refractivity contribution in [3.8, 4) is 11.4 Å². The Morgan fingerprint density at radius 3 is 2.50 bits per heavy atom. The highest BCUT2D eigenvalue weighted by Gasteiger charge is 2.21. The normalized spacial score (nSPS) is 21.3. The number of halogens is 2. The lowest BCUT2D eigenvalue weighted by Crippen LogP contribution is -2.12.